The van der Waals surface area contributed by atoms with Gasteiger partial charge >= 0.3 is 61.5 Å². The molecule has 0 aliphatic heterocycles. The molecular weight excluding hydrogens is 753 g/mol. The van der Waals surface area contributed by atoms with Crippen molar-refractivity contribution < 1.29 is 32.5 Å². The fraction of sp³-hybridized carbons (Fsp3) is 0. The molecule has 0 atom stereocenters. The third kappa shape index (κ3) is 14.0. The first kappa shape index (κ1) is 34.2. The molecule has 0 fully saturated rings. The minimum Gasteiger partial charge on any atom is -0.255 e. The zero-order chi connectivity index (χ0) is 28.3. The fourth-order valence-electron chi connectivity index (χ4n) is 3.09. The molecule has 6 aromatic heterocycles. The molecule has 41 heavy (non-hydrogen) atoms. The topological polar surface area (TPSA) is 77.3 Å². The van der Waals surface area contributed by atoms with Crippen LogP contribution < -0.4 is 0 Å². The second-order valence-electron chi connectivity index (χ2n) is 7.44. The second-order valence-corrected chi connectivity index (χ2v) is 15.4. The van der Waals surface area contributed by atoms with Crippen molar-refractivity contribution in [3.05, 3.63) is 146 Å². The standard InChI is InChI=1S/3C10H8N2.3ClH.2Ru/c3*1-3-7-11-9(5-1)10-6-2-4-8-12-10;;;;;/h3*1-8H;3*1H;;/q;;;;;;+2;+3/p-3. The number of hydrogen-bond acceptors (Lipinski definition) is 6. The minimum absolute atomic E-state index is 0. The summed E-state index contributed by atoms with van der Waals surface area (Å²) in [6.07, 6.45) is 10.6. The van der Waals surface area contributed by atoms with Gasteiger partial charge in [0.05, 0.1) is 34.2 Å². The summed E-state index contributed by atoms with van der Waals surface area (Å²) in [6, 6.07) is 34.8. The molecule has 209 valence electrons. The largest absolute Gasteiger partial charge is 2.00 e. The molecule has 0 aliphatic carbocycles. The molecule has 0 amide bonds. The summed E-state index contributed by atoms with van der Waals surface area (Å²) in [5, 5.41) is 0. The Balaban J connectivity index is 0.000000200. The molecule has 6 nitrogen and oxygen atoms in total. The van der Waals surface area contributed by atoms with Gasteiger partial charge in [-0.2, -0.15) is 0 Å². The summed E-state index contributed by atoms with van der Waals surface area (Å²) in [6.45, 7) is 0. The molecule has 0 spiro atoms. The van der Waals surface area contributed by atoms with Crippen LogP contribution in [0.25, 0.3) is 34.2 Å². The average Bonchev–Trinajstić information content (AvgIpc) is 3.04. The Labute approximate surface area is 270 Å². The van der Waals surface area contributed by atoms with E-state index >= 15 is 0 Å². The van der Waals surface area contributed by atoms with Gasteiger partial charge < -0.3 is 0 Å². The van der Waals surface area contributed by atoms with Crippen molar-refractivity contribution in [3.63, 3.8) is 0 Å². The van der Waals surface area contributed by atoms with Crippen LogP contribution in [0.2, 0.25) is 0 Å². The van der Waals surface area contributed by atoms with Crippen molar-refractivity contribution in [2.24, 2.45) is 0 Å². The van der Waals surface area contributed by atoms with E-state index in [1.54, 1.807) is 37.2 Å². The van der Waals surface area contributed by atoms with Gasteiger partial charge in [0, 0.05) is 37.2 Å². The Morgan fingerprint density at radius 1 is 0.317 bits per heavy atom. The normalized spacial score (nSPS) is 9.59. The molecule has 0 unspecified atom stereocenters. The first-order valence-electron chi connectivity index (χ1n) is 11.8. The van der Waals surface area contributed by atoms with E-state index in [0.717, 1.165) is 34.2 Å². The molecule has 0 saturated carbocycles. The smallest absolute Gasteiger partial charge is 0.255 e. The first-order valence-corrected chi connectivity index (χ1v) is 18.5. The van der Waals surface area contributed by atoms with E-state index in [1.165, 1.54) is 0 Å². The summed E-state index contributed by atoms with van der Waals surface area (Å²) < 4.78 is 0. The van der Waals surface area contributed by atoms with Gasteiger partial charge in [-0.25, -0.2) is 0 Å². The van der Waals surface area contributed by atoms with Gasteiger partial charge in [0.25, 0.3) is 0 Å². The van der Waals surface area contributed by atoms with Crippen LogP contribution in [0.3, 0.4) is 0 Å². The van der Waals surface area contributed by atoms with Crippen LogP contribution in [0, 0.1) is 0 Å². The molecule has 0 aromatic carbocycles. The summed E-state index contributed by atoms with van der Waals surface area (Å²) in [4.78, 5) is 25.1. The zero-order valence-corrected chi connectivity index (χ0v) is 27.1. The van der Waals surface area contributed by atoms with Crippen LogP contribution in [0.4, 0.5) is 0 Å². The van der Waals surface area contributed by atoms with Crippen molar-refractivity contribution in [3.8, 4) is 34.2 Å². The Kier molecular flexibility index (Phi) is 17.4. The number of aromatic nitrogens is 6. The van der Waals surface area contributed by atoms with E-state index in [9.17, 15) is 0 Å². The van der Waals surface area contributed by atoms with Gasteiger partial charge in [0.2, 0.25) is 0 Å². The van der Waals surface area contributed by atoms with Gasteiger partial charge in [0.1, 0.15) is 0 Å². The van der Waals surface area contributed by atoms with E-state index in [2.05, 4.69) is 29.9 Å². The van der Waals surface area contributed by atoms with Gasteiger partial charge in [-0.3, -0.25) is 29.9 Å². The summed E-state index contributed by atoms with van der Waals surface area (Å²) in [7, 11) is 14.8. The van der Waals surface area contributed by atoms with E-state index < -0.39 is 13.0 Å². The first-order chi connectivity index (χ1) is 19.6. The van der Waals surface area contributed by atoms with E-state index in [4.69, 9.17) is 29.1 Å². The Hall–Kier alpha value is -2.98. The Morgan fingerprint density at radius 3 is 0.561 bits per heavy atom. The number of halogens is 3. The van der Waals surface area contributed by atoms with Crippen LogP contribution in [0.5, 0.6) is 0 Å². The fourth-order valence-corrected chi connectivity index (χ4v) is 3.09. The summed E-state index contributed by atoms with van der Waals surface area (Å²) >= 11 is -1.75. The third-order valence-corrected chi connectivity index (χ3v) is 4.78. The number of rotatable bonds is 3. The van der Waals surface area contributed by atoms with Crippen molar-refractivity contribution in [1.29, 1.82) is 0 Å². The van der Waals surface area contributed by atoms with Gasteiger partial charge in [-0.15, -0.1) is 0 Å². The average molecular weight is 777 g/mol. The molecule has 6 heterocycles. The third-order valence-electron chi connectivity index (χ3n) is 4.78. The van der Waals surface area contributed by atoms with Crippen molar-refractivity contribution in [2.45, 2.75) is 0 Å². The Bertz CT molecular complexity index is 1170. The zero-order valence-electron chi connectivity index (χ0n) is 21.4. The van der Waals surface area contributed by atoms with E-state index in [1.807, 2.05) is 109 Å². The molecule has 0 N–H and O–H groups in total. The number of pyridine rings is 6. The molecule has 0 aliphatic rings. The monoisotopic (exact) mass is 777 g/mol. The maximum Gasteiger partial charge on any atom is 2.00 e. The van der Waals surface area contributed by atoms with Crippen LogP contribution >= 0.6 is 29.1 Å². The quantitative estimate of drug-likeness (QED) is 0.168. The van der Waals surface area contributed by atoms with Crippen molar-refractivity contribution >= 4 is 29.1 Å². The number of nitrogens with zero attached hydrogens (tertiary/aromatic N) is 6. The van der Waals surface area contributed by atoms with Gasteiger partial charge in [-0.05, 0) is 72.8 Å². The second kappa shape index (κ2) is 20.8. The van der Waals surface area contributed by atoms with Gasteiger partial charge in [-0.1, -0.05) is 36.4 Å². The number of hydrogen-bond donors (Lipinski definition) is 0. The Morgan fingerprint density at radius 2 is 0.463 bits per heavy atom. The maximum absolute atomic E-state index is 4.95. The van der Waals surface area contributed by atoms with Crippen LogP contribution in [-0.4, -0.2) is 29.9 Å². The maximum atomic E-state index is 4.95. The van der Waals surface area contributed by atoms with Crippen molar-refractivity contribution in [2.75, 3.05) is 0 Å². The summed E-state index contributed by atoms with van der Waals surface area (Å²) in [5.41, 5.74) is 5.49. The van der Waals surface area contributed by atoms with Gasteiger partial charge in [0.15, 0.2) is 0 Å². The van der Waals surface area contributed by atoms with Crippen LogP contribution in [-0.2, 0) is 32.5 Å². The predicted molar refractivity (Wildman–Crippen MR) is 160 cm³/mol. The van der Waals surface area contributed by atoms with E-state index in [-0.39, 0.29) is 19.5 Å². The molecule has 0 saturated heterocycles. The van der Waals surface area contributed by atoms with Crippen LogP contribution in [0.15, 0.2) is 146 Å². The minimum atomic E-state index is -1.75. The summed E-state index contributed by atoms with van der Waals surface area (Å²) in [5.74, 6) is 0. The predicted octanol–water partition coefficient (Wildman–Crippen LogP) is 8.49. The van der Waals surface area contributed by atoms with Crippen molar-refractivity contribution in [1.82, 2.24) is 29.9 Å². The molecule has 6 rings (SSSR count). The van der Waals surface area contributed by atoms with Crippen LogP contribution in [0.1, 0.15) is 0 Å². The molecular formula is C30H24Cl3N6Ru2+2. The molecule has 0 radical (unpaired) electrons. The van der Waals surface area contributed by atoms with E-state index in [0.29, 0.717) is 0 Å². The SMILES string of the molecule is [Cl][Ru]([Cl])[Cl].[Ru+2].c1ccc(-c2ccccn2)nc1.c1ccc(-c2ccccn2)nc1.c1ccc(-c2ccccn2)nc1. The molecule has 6 aromatic rings. The molecule has 11 heteroatoms. The molecule has 0 bridgehead atoms.